The number of benzene rings is 3. The number of rotatable bonds is 7. The van der Waals surface area contributed by atoms with Crippen LogP contribution in [0.3, 0.4) is 0 Å². The van der Waals surface area contributed by atoms with Crippen molar-refractivity contribution in [1.82, 2.24) is 5.32 Å². The van der Waals surface area contributed by atoms with Crippen molar-refractivity contribution in [2.24, 2.45) is 0 Å². The summed E-state index contributed by atoms with van der Waals surface area (Å²) in [6.07, 6.45) is 0.683. The van der Waals surface area contributed by atoms with Crippen molar-refractivity contribution in [1.29, 1.82) is 0 Å². The van der Waals surface area contributed by atoms with E-state index in [-0.39, 0.29) is 29.3 Å². The second-order valence-corrected chi connectivity index (χ2v) is 9.42. The molecule has 0 saturated carbocycles. The van der Waals surface area contributed by atoms with E-state index in [0.717, 1.165) is 11.1 Å². The van der Waals surface area contributed by atoms with Crippen LogP contribution in [-0.2, 0) is 21.2 Å². The molecule has 1 unspecified atom stereocenters. The van der Waals surface area contributed by atoms with Gasteiger partial charge in [0.25, 0.3) is 15.9 Å². The normalized spacial score (nSPS) is 14.0. The van der Waals surface area contributed by atoms with E-state index in [0.29, 0.717) is 24.4 Å². The molecule has 0 bridgehead atoms. The summed E-state index contributed by atoms with van der Waals surface area (Å²) in [6, 6.07) is 19.1. The molecule has 0 fully saturated rings. The maximum atomic E-state index is 13.0. The first kappa shape index (κ1) is 21.8. The quantitative estimate of drug-likeness (QED) is 0.589. The number of hydrogen-bond acceptors (Lipinski definition) is 4. The first-order chi connectivity index (χ1) is 15.3. The summed E-state index contributed by atoms with van der Waals surface area (Å²) in [5, 5.41) is 2.78. The minimum Gasteiger partial charge on any atom is -0.484 e. The van der Waals surface area contributed by atoms with Crippen LogP contribution >= 0.6 is 0 Å². The number of carbonyl (C=O) groups excluding carboxylic acids is 1. The summed E-state index contributed by atoms with van der Waals surface area (Å²) in [6.45, 7) is 1.98. The number of hydrogen-bond donors (Lipinski definition) is 1. The van der Waals surface area contributed by atoms with Crippen LogP contribution < -0.4 is 14.4 Å². The van der Waals surface area contributed by atoms with Gasteiger partial charge in [-0.3, -0.25) is 9.10 Å². The summed E-state index contributed by atoms with van der Waals surface area (Å²) in [7, 11) is -3.68. The van der Waals surface area contributed by atoms with Gasteiger partial charge in [-0.15, -0.1) is 0 Å². The Balaban J connectivity index is 1.36. The Labute approximate surface area is 186 Å². The Hall–Kier alpha value is -3.39. The fourth-order valence-electron chi connectivity index (χ4n) is 3.66. The SMILES string of the molecule is CC(NC(=O)COc1ccc(S(=O)(=O)N2CCc3ccccc32)cc1)c1ccc(F)cc1. The third-order valence-corrected chi connectivity index (χ3v) is 7.20. The van der Waals surface area contributed by atoms with Gasteiger partial charge in [0, 0.05) is 6.54 Å². The minimum atomic E-state index is -3.68. The molecule has 0 spiro atoms. The Morgan fingerprint density at radius 1 is 1.06 bits per heavy atom. The predicted octanol–water partition coefficient (Wildman–Crippen LogP) is 3.83. The van der Waals surface area contributed by atoms with Gasteiger partial charge in [-0.25, -0.2) is 12.8 Å². The van der Waals surface area contributed by atoms with E-state index in [2.05, 4.69) is 5.32 Å². The van der Waals surface area contributed by atoms with Crippen LogP contribution in [0, 0.1) is 5.82 Å². The Morgan fingerprint density at radius 3 is 2.47 bits per heavy atom. The molecule has 4 rings (SSSR count). The predicted molar refractivity (Wildman–Crippen MR) is 120 cm³/mol. The van der Waals surface area contributed by atoms with E-state index >= 15 is 0 Å². The van der Waals surface area contributed by atoms with Gasteiger partial charge in [0.05, 0.1) is 16.6 Å². The zero-order valence-corrected chi connectivity index (χ0v) is 18.3. The average Bonchev–Trinajstić information content (AvgIpc) is 3.23. The van der Waals surface area contributed by atoms with Gasteiger partial charge in [0.15, 0.2) is 6.61 Å². The van der Waals surface area contributed by atoms with Gasteiger partial charge >= 0.3 is 0 Å². The van der Waals surface area contributed by atoms with Gasteiger partial charge in [-0.05, 0) is 66.9 Å². The maximum absolute atomic E-state index is 13.0. The monoisotopic (exact) mass is 454 g/mol. The number of fused-ring (bicyclic) bond motifs is 1. The molecule has 1 aliphatic heterocycles. The second-order valence-electron chi connectivity index (χ2n) is 7.56. The molecular weight excluding hydrogens is 431 g/mol. The molecule has 1 aliphatic rings. The van der Waals surface area contributed by atoms with E-state index < -0.39 is 10.0 Å². The molecule has 1 atom stereocenters. The largest absolute Gasteiger partial charge is 0.484 e. The maximum Gasteiger partial charge on any atom is 0.264 e. The molecular formula is C24H23FN2O4S. The summed E-state index contributed by atoms with van der Waals surface area (Å²) >= 11 is 0. The highest BCUT2D eigenvalue weighted by molar-refractivity contribution is 7.92. The molecule has 0 saturated heterocycles. The van der Waals surface area contributed by atoms with Crippen LogP contribution in [0.2, 0.25) is 0 Å². The highest BCUT2D eigenvalue weighted by Gasteiger charge is 2.30. The molecule has 0 aliphatic carbocycles. The Bertz CT molecular complexity index is 1210. The zero-order valence-electron chi connectivity index (χ0n) is 17.5. The second kappa shape index (κ2) is 9.00. The number of anilines is 1. The lowest BCUT2D eigenvalue weighted by atomic mass is 10.1. The van der Waals surface area contributed by atoms with Crippen LogP contribution in [0.25, 0.3) is 0 Å². The molecule has 1 amide bonds. The topological polar surface area (TPSA) is 75.7 Å². The summed E-state index contributed by atoms with van der Waals surface area (Å²) < 4.78 is 46.0. The van der Waals surface area contributed by atoms with Crippen molar-refractivity contribution >= 4 is 21.6 Å². The summed E-state index contributed by atoms with van der Waals surface area (Å²) in [5.41, 5.74) is 2.49. The number of sulfonamides is 1. The number of nitrogens with zero attached hydrogens (tertiary/aromatic N) is 1. The molecule has 3 aromatic rings. The Kier molecular flexibility index (Phi) is 6.14. The van der Waals surface area contributed by atoms with Crippen molar-refractivity contribution in [3.05, 3.63) is 89.7 Å². The van der Waals surface area contributed by atoms with E-state index in [1.807, 2.05) is 24.3 Å². The molecule has 0 radical (unpaired) electrons. The van der Waals surface area contributed by atoms with Gasteiger partial charge in [0.2, 0.25) is 0 Å². The molecule has 166 valence electrons. The number of halogens is 1. The molecule has 3 aromatic carbocycles. The molecule has 8 heteroatoms. The number of amides is 1. The first-order valence-corrected chi connectivity index (χ1v) is 11.7. The lowest BCUT2D eigenvalue weighted by Gasteiger charge is -2.19. The lowest BCUT2D eigenvalue weighted by Crippen LogP contribution is -2.31. The van der Waals surface area contributed by atoms with Gasteiger partial charge in [-0.2, -0.15) is 0 Å². The summed E-state index contributed by atoms with van der Waals surface area (Å²) in [4.78, 5) is 12.3. The van der Waals surface area contributed by atoms with Crippen LogP contribution in [0.5, 0.6) is 5.75 Å². The fourth-order valence-corrected chi connectivity index (χ4v) is 5.16. The number of ether oxygens (including phenoxy) is 1. The third-order valence-electron chi connectivity index (χ3n) is 5.37. The van der Waals surface area contributed by atoms with Crippen molar-refractivity contribution in [3.8, 4) is 5.75 Å². The number of nitrogens with one attached hydrogen (secondary N) is 1. The highest BCUT2D eigenvalue weighted by Crippen LogP contribution is 2.33. The minimum absolute atomic E-state index is 0.163. The van der Waals surface area contributed by atoms with Crippen LogP contribution in [0.4, 0.5) is 10.1 Å². The van der Waals surface area contributed by atoms with Crippen molar-refractivity contribution in [2.45, 2.75) is 24.3 Å². The standard InChI is InChI=1S/C24H23FN2O4S/c1-17(18-6-8-20(25)9-7-18)26-24(28)16-31-21-10-12-22(13-11-21)32(29,30)27-15-14-19-4-2-3-5-23(19)27/h2-13,17H,14-16H2,1H3,(H,26,28). The lowest BCUT2D eigenvalue weighted by molar-refractivity contribution is -0.123. The fraction of sp³-hybridized carbons (Fsp3) is 0.208. The van der Waals surface area contributed by atoms with E-state index in [9.17, 15) is 17.6 Å². The van der Waals surface area contributed by atoms with Crippen LogP contribution in [0.1, 0.15) is 24.1 Å². The van der Waals surface area contributed by atoms with Crippen molar-refractivity contribution < 1.29 is 22.3 Å². The first-order valence-electron chi connectivity index (χ1n) is 10.2. The van der Waals surface area contributed by atoms with E-state index in [4.69, 9.17) is 4.74 Å². The van der Waals surface area contributed by atoms with E-state index in [1.165, 1.54) is 40.7 Å². The molecule has 6 nitrogen and oxygen atoms in total. The smallest absolute Gasteiger partial charge is 0.264 e. The molecule has 32 heavy (non-hydrogen) atoms. The molecule has 0 aromatic heterocycles. The number of carbonyl (C=O) groups is 1. The Morgan fingerprint density at radius 2 is 1.75 bits per heavy atom. The zero-order chi connectivity index (χ0) is 22.7. The van der Waals surface area contributed by atoms with Crippen molar-refractivity contribution in [3.63, 3.8) is 0 Å². The summed E-state index contributed by atoms with van der Waals surface area (Å²) in [5.74, 6) is -0.294. The van der Waals surface area contributed by atoms with Crippen molar-refractivity contribution in [2.75, 3.05) is 17.5 Å². The average molecular weight is 455 g/mol. The molecule has 1 N–H and O–H groups in total. The van der Waals surface area contributed by atoms with Gasteiger partial charge in [0.1, 0.15) is 11.6 Å². The van der Waals surface area contributed by atoms with Gasteiger partial charge in [-0.1, -0.05) is 30.3 Å². The van der Waals surface area contributed by atoms with Crippen LogP contribution in [0.15, 0.2) is 77.7 Å². The van der Waals surface area contributed by atoms with Gasteiger partial charge < -0.3 is 10.1 Å². The van der Waals surface area contributed by atoms with E-state index in [1.54, 1.807) is 19.1 Å². The molecule has 1 heterocycles. The van der Waals surface area contributed by atoms with Crippen LogP contribution in [-0.4, -0.2) is 27.5 Å². The number of para-hydroxylation sites is 1. The third kappa shape index (κ3) is 4.60. The highest BCUT2D eigenvalue weighted by atomic mass is 32.2.